The fraction of sp³-hybridized carbons (Fsp3) is 0.222. The van der Waals surface area contributed by atoms with Crippen LogP contribution < -0.4 is 11.1 Å². The van der Waals surface area contributed by atoms with Crippen molar-refractivity contribution in [3.05, 3.63) is 35.1 Å². The summed E-state index contributed by atoms with van der Waals surface area (Å²) in [5.41, 5.74) is 5.63. The van der Waals surface area contributed by atoms with Gasteiger partial charge in [-0.05, 0) is 17.7 Å². The molecule has 80 valence electrons. The molecular formula is C9H8F3N3. The highest BCUT2D eigenvalue weighted by molar-refractivity contribution is 5.80. The fourth-order valence-electron chi connectivity index (χ4n) is 1.42. The number of nitrogens with two attached hydrogens (primary N) is 1. The van der Waals surface area contributed by atoms with Crippen molar-refractivity contribution in [3.63, 3.8) is 0 Å². The Labute approximate surface area is 83.8 Å². The van der Waals surface area contributed by atoms with Crippen molar-refractivity contribution in [3.8, 4) is 0 Å². The van der Waals surface area contributed by atoms with Gasteiger partial charge in [-0.15, -0.1) is 0 Å². The maximum Gasteiger partial charge on any atom is 0.194 e. The molecule has 1 heterocycles. The molecule has 2 rings (SSSR count). The molecule has 1 atom stereocenters. The minimum atomic E-state index is -1.47. The van der Waals surface area contributed by atoms with Gasteiger partial charge in [-0.1, -0.05) is 0 Å². The molecule has 1 aliphatic heterocycles. The van der Waals surface area contributed by atoms with Gasteiger partial charge in [0.2, 0.25) is 0 Å². The maximum atomic E-state index is 12.9. The number of rotatable bonds is 1. The second-order valence-electron chi connectivity index (χ2n) is 3.22. The normalized spacial score (nSPS) is 19.9. The van der Waals surface area contributed by atoms with Crippen LogP contribution in [0, 0.1) is 17.5 Å². The van der Waals surface area contributed by atoms with Gasteiger partial charge in [0.1, 0.15) is 0 Å². The van der Waals surface area contributed by atoms with Gasteiger partial charge in [-0.2, -0.15) is 0 Å². The summed E-state index contributed by atoms with van der Waals surface area (Å²) >= 11 is 0. The molecule has 0 bridgehead atoms. The Morgan fingerprint density at radius 1 is 1.27 bits per heavy atom. The number of nitrogens with one attached hydrogen (secondary N) is 1. The molecule has 0 aliphatic carbocycles. The molecule has 0 saturated carbocycles. The van der Waals surface area contributed by atoms with Crippen LogP contribution in [0.15, 0.2) is 17.1 Å². The Hall–Kier alpha value is -1.72. The third-order valence-electron chi connectivity index (χ3n) is 2.17. The molecule has 0 fully saturated rings. The SMILES string of the molecule is NC1=NCC(c2cc(F)c(F)c(F)c2)N1. The van der Waals surface area contributed by atoms with Crippen LogP contribution in [-0.4, -0.2) is 12.5 Å². The van der Waals surface area contributed by atoms with E-state index in [9.17, 15) is 13.2 Å². The smallest absolute Gasteiger partial charge is 0.194 e. The number of guanidine groups is 1. The van der Waals surface area contributed by atoms with E-state index in [0.717, 1.165) is 12.1 Å². The van der Waals surface area contributed by atoms with Crippen molar-refractivity contribution in [1.29, 1.82) is 0 Å². The summed E-state index contributed by atoms with van der Waals surface area (Å²) < 4.78 is 38.4. The van der Waals surface area contributed by atoms with Gasteiger partial charge in [0.15, 0.2) is 23.4 Å². The lowest BCUT2D eigenvalue weighted by Gasteiger charge is -2.11. The first-order valence-corrected chi connectivity index (χ1v) is 4.29. The molecule has 1 aliphatic rings. The van der Waals surface area contributed by atoms with Crippen LogP contribution in [-0.2, 0) is 0 Å². The Balaban J connectivity index is 2.31. The highest BCUT2D eigenvalue weighted by Crippen LogP contribution is 2.21. The molecule has 1 aromatic carbocycles. The molecule has 1 aromatic rings. The van der Waals surface area contributed by atoms with E-state index in [-0.39, 0.29) is 18.1 Å². The first kappa shape index (κ1) is 9.82. The van der Waals surface area contributed by atoms with Gasteiger partial charge in [0, 0.05) is 0 Å². The largest absolute Gasteiger partial charge is 0.370 e. The van der Waals surface area contributed by atoms with Crippen molar-refractivity contribution in [2.45, 2.75) is 6.04 Å². The topological polar surface area (TPSA) is 50.4 Å². The summed E-state index contributed by atoms with van der Waals surface area (Å²) in [6.45, 7) is 0.288. The fourth-order valence-corrected chi connectivity index (χ4v) is 1.42. The predicted molar refractivity (Wildman–Crippen MR) is 48.7 cm³/mol. The van der Waals surface area contributed by atoms with Gasteiger partial charge in [0.05, 0.1) is 12.6 Å². The monoisotopic (exact) mass is 215 g/mol. The van der Waals surface area contributed by atoms with E-state index < -0.39 is 23.5 Å². The summed E-state index contributed by atoms with van der Waals surface area (Å²) in [6, 6.07) is 1.48. The van der Waals surface area contributed by atoms with E-state index in [2.05, 4.69) is 10.3 Å². The molecule has 0 spiro atoms. The van der Waals surface area contributed by atoms with Crippen LogP contribution in [0.4, 0.5) is 13.2 Å². The third-order valence-corrected chi connectivity index (χ3v) is 2.17. The minimum absolute atomic E-state index is 0.213. The van der Waals surface area contributed by atoms with E-state index >= 15 is 0 Å². The van der Waals surface area contributed by atoms with Gasteiger partial charge in [-0.25, -0.2) is 13.2 Å². The van der Waals surface area contributed by atoms with Gasteiger partial charge in [-0.3, -0.25) is 4.99 Å². The van der Waals surface area contributed by atoms with Gasteiger partial charge >= 0.3 is 0 Å². The Morgan fingerprint density at radius 3 is 2.33 bits per heavy atom. The summed E-state index contributed by atoms with van der Waals surface area (Å²) in [4.78, 5) is 3.82. The van der Waals surface area contributed by atoms with E-state index in [1.807, 2.05) is 0 Å². The molecule has 0 aromatic heterocycles. The lowest BCUT2D eigenvalue weighted by Crippen LogP contribution is -2.29. The number of aliphatic imine (C=N–C) groups is 1. The van der Waals surface area contributed by atoms with Crippen LogP contribution in [0.25, 0.3) is 0 Å². The summed E-state index contributed by atoms with van der Waals surface area (Å²) in [5, 5.41) is 2.72. The van der Waals surface area contributed by atoms with Crippen LogP contribution >= 0.6 is 0 Å². The minimum Gasteiger partial charge on any atom is -0.370 e. The molecule has 0 saturated heterocycles. The molecule has 15 heavy (non-hydrogen) atoms. The molecule has 6 heteroatoms. The third kappa shape index (κ3) is 1.74. The summed E-state index contributed by atoms with van der Waals surface area (Å²) in [5.74, 6) is -3.68. The second-order valence-corrected chi connectivity index (χ2v) is 3.22. The number of nitrogens with zero attached hydrogens (tertiary/aromatic N) is 1. The van der Waals surface area contributed by atoms with E-state index in [1.165, 1.54) is 0 Å². The second kappa shape index (κ2) is 3.45. The molecular weight excluding hydrogens is 207 g/mol. The summed E-state index contributed by atoms with van der Waals surface area (Å²) in [7, 11) is 0. The van der Waals surface area contributed by atoms with Crippen molar-refractivity contribution < 1.29 is 13.2 Å². The van der Waals surface area contributed by atoms with Crippen molar-refractivity contribution >= 4 is 5.96 Å². The van der Waals surface area contributed by atoms with Crippen molar-refractivity contribution in [1.82, 2.24) is 5.32 Å². The summed E-state index contributed by atoms with van der Waals surface area (Å²) in [6.07, 6.45) is 0. The van der Waals surface area contributed by atoms with E-state index in [1.54, 1.807) is 0 Å². The zero-order chi connectivity index (χ0) is 11.0. The average molecular weight is 215 g/mol. The first-order chi connectivity index (χ1) is 7.08. The molecule has 0 radical (unpaired) electrons. The number of benzene rings is 1. The average Bonchev–Trinajstić information content (AvgIpc) is 2.60. The van der Waals surface area contributed by atoms with Crippen LogP contribution in [0.5, 0.6) is 0 Å². The quantitative estimate of drug-likeness (QED) is 0.688. The molecule has 3 nitrogen and oxygen atoms in total. The number of halogens is 3. The molecule has 1 unspecified atom stereocenters. The zero-order valence-electron chi connectivity index (χ0n) is 7.60. The Morgan fingerprint density at radius 2 is 1.87 bits per heavy atom. The van der Waals surface area contributed by atoms with Crippen LogP contribution in [0.2, 0.25) is 0 Å². The zero-order valence-corrected chi connectivity index (χ0v) is 7.60. The number of hydrogen-bond donors (Lipinski definition) is 2. The maximum absolute atomic E-state index is 12.9. The Kier molecular flexibility index (Phi) is 2.26. The van der Waals surface area contributed by atoms with Crippen molar-refractivity contribution in [2.75, 3.05) is 6.54 Å². The highest BCUT2D eigenvalue weighted by Gasteiger charge is 2.20. The van der Waals surface area contributed by atoms with E-state index in [4.69, 9.17) is 5.73 Å². The van der Waals surface area contributed by atoms with Crippen LogP contribution in [0.1, 0.15) is 11.6 Å². The standard InChI is InChI=1S/C9H8F3N3/c10-5-1-4(2-6(11)8(5)12)7-3-14-9(13)15-7/h1-2,7H,3H2,(H3,13,14,15). The lowest BCUT2D eigenvalue weighted by atomic mass is 10.1. The molecule has 0 amide bonds. The Bertz CT molecular complexity index is 408. The van der Waals surface area contributed by atoms with Crippen molar-refractivity contribution in [2.24, 2.45) is 10.7 Å². The predicted octanol–water partition coefficient (Wildman–Crippen LogP) is 1.06. The van der Waals surface area contributed by atoms with Gasteiger partial charge < -0.3 is 11.1 Å². The van der Waals surface area contributed by atoms with Crippen LogP contribution in [0.3, 0.4) is 0 Å². The molecule has 3 N–H and O–H groups in total. The lowest BCUT2D eigenvalue weighted by molar-refractivity contribution is 0.443. The number of hydrogen-bond acceptors (Lipinski definition) is 3. The first-order valence-electron chi connectivity index (χ1n) is 4.29. The van der Waals surface area contributed by atoms with E-state index in [0.29, 0.717) is 0 Å². The highest BCUT2D eigenvalue weighted by atomic mass is 19.2. The van der Waals surface area contributed by atoms with Gasteiger partial charge in [0.25, 0.3) is 0 Å².